The second-order valence-corrected chi connectivity index (χ2v) is 14.9. The molecule has 13 heteroatoms. The molecule has 6 aromatic rings. The Kier molecular flexibility index (Phi) is 15.7. The van der Waals surface area contributed by atoms with Gasteiger partial charge < -0.3 is 70.2 Å². The summed E-state index contributed by atoms with van der Waals surface area (Å²) in [5, 5.41) is 8.18. The number of nitrogens with zero attached hydrogens (tertiary/aromatic N) is 6. The van der Waals surface area contributed by atoms with E-state index in [9.17, 15) is 0 Å². The van der Waals surface area contributed by atoms with E-state index in [1.54, 1.807) is 0 Å². The molecule has 2 N–H and O–H groups in total. The summed E-state index contributed by atoms with van der Waals surface area (Å²) in [5.41, 5.74) is 9.28. The SMILES string of the molecule is C[n+]1ccc(C2c3ccc([n-]3)C(c3cc[n+](C)cc3)C3C=CC(N3)C(c3cc[n+](C)cc3)c3ccc([n-]3)C(c3cc[n+](C)cc3)C3C=CC2N3)cc1.[Cl-].[Cl-].[Cl-].[Cl-].[Zn+2]. The number of nitrogens with one attached hydrogen (secondary N) is 2. The first-order valence-corrected chi connectivity index (χ1v) is 18.3. The molecule has 3 aliphatic heterocycles. The van der Waals surface area contributed by atoms with E-state index in [1.807, 2.05) is 0 Å². The molecule has 0 fully saturated rings. The summed E-state index contributed by atoms with van der Waals surface area (Å²) in [7, 11) is 8.27. The van der Waals surface area contributed by atoms with Crippen molar-refractivity contribution >= 4 is 0 Å². The van der Waals surface area contributed by atoms with Gasteiger partial charge in [-0.15, -0.1) is 0 Å². The summed E-state index contributed by atoms with van der Waals surface area (Å²) in [4.78, 5) is 11.1. The van der Waals surface area contributed by atoms with Crippen LogP contribution in [0, 0.1) is 0 Å². The largest absolute Gasteiger partial charge is 2.00 e. The predicted octanol–water partition coefficient (Wildman–Crippen LogP) is -9.05. The molecule has 57 heavy (non-hydrogen) atoms. The number of hydrogen-bond acceptors (Lipinski definition) is 2. The maximum Gasteiger partial charge on any atom is 2.00 e. The first-order valence-electron chi connectivity index (χ1n) is 18.3. The van der Waals surface area contributed by atoms with Crippen molar-refractivity contribution in [3.05, 3.63) is 192 Å². The summed E-state index contributed by atoms with van der Waals surface area (Å²) in [6.07, 6.45) is 26.6. The summed E-state index contributed by atoms with van der Waals surface area (Å²) in [6.45, 7) is 0. The molecular weight excluding hydrogens is 848 g/mol. The Morgan fingerprint density at radius 3 is 0.737 bits per heavy atom. The van der Waals surface area contributed by atoms with Gasteiger partial charge in [-0.3, -0.25) is 0 Å². The maximum absolute atomic E-state index is 5.54. The molecule has 8 atom stereocenters. The van der Waals surface area contributed by atoms with Crippen molar-refractivity contribution in [3.63, 3.8) is 0 Å². The smallest absolute Gasteiger partial charge is 1.00 e. The normalized spacial score (nSPS) is 24.2. The van der Waals surface area contributed by atoms with Gasteiger partial charge in [-0.05, 0) is 22.3 Å². The molecule has 0 radical (unpaired) electrons. The van der Waals surface area contributed by atoms with E-state index in [1.165, 1.54) is 22.3 Å². The average molecular weight is 894 g/mol. The Morgan fingerprint density at radius 2 is 0.544 bits per heavy atom. The van der Waals surface area contributed by atoms with Crippen molar-refractivity contribution in [3.8, 4) is 0 Å². The zero-order valence-corrected chi connectivity index (χ0v) is 38.4. The van der Waals surface area contributed by atoms with Gasteiger partial charge in [0.1, 0.15) is 28.2 Å². The number of rotatable bonds is 4. The van der Waals surface area contributed by atoms with E-state index in [0.29, 0.717) is 0 Å². The standard InChI is InChI=1S/C44H46N8.4ClH.Zn/c1-49-21-13-29(14-22-49)41-33-5-7-35(45-33)42(30-15-23-50(2)24-16-30)37-9-11-39(47-37)44(32-19-27-52(4)28-20-32)40-12-10-38(48-40)43(36-8-6-34(41)46-36)31-17-25-51(3)26-18-31;;;;;/h5-28,33,35,38,40-45,48H,1-4H3;4*1H;/q+2;;;;;+2/p-4. The third-order valence-corrected chi connectivity index (χ3v) is 11.4. The van der Waals surface area contributed by atoms with Crippen LogP contribution in [0.25, 0.3) is 0 Å². The predicted molar refractivity (Wildman–Crippen MR) is 197 cm³/mol. The van der Waals surface area contributed by atoms with Gasteiger partial charge in [-0.2, -0.15) is 22.8 Å². The van der Waals surface area contributed by atoms with E-state index in [-0.39, 0.29) is 117 Å². The van der Waals surface area contributed by atoms with Gasteiger partial charge >= 0.3 is 19.5 Å². The fourth-order valence-electron chi connectivity index (χ4n) is 8.58. The van der Waals surface area contributed by atoms with Crippen LogP contribution in [0.2, 0.25) is 0 Å². The Labute approximate surface area is 373 Å². The summed E-state index contributed by atoms with van der Waals surface area (Å²) in [5.74, 6) is 0.109. The minimum absolute atomic E-state index is 0. The second-order valence-electron chi connectivity index (χ2n) is 14.9. The number of halogens is 4. The van der Waals surface area contributed by atoms with E-state index in [4.69, 9.17) is 9.97 Å². The molecule has 0 spiro atoms. The van der Waals surface area contributed by atoms with Gasteiger partial charge in [0.2, 0.25) is 0 Å². The van der Waals surface area contributed by atoms with Crippen LogP contribution in [0.15, 0.2) is 147 Å². The molecule has 8 nitrogen and oxygen atoms in total. The van der Waals surface area contributed by atoms with Gasteiger partial charge in [0, 0.05) is 96.4 Å². The van der Waals surface area contributed by atoms with Gasteiger partial charge in [-0.1, -0.05) is 48.6 Å². The fraction of sp³-hybridized carbons (Fsp3) is 0.273. The molecular formula is C44H46Cl4N8Zn. The van der Waals surface area contributed by atoms with Crippen LogP contribution in [0.4, 0.5) is 0 Å². The second kappa shape index (κ2) is 19.4. The zero-order valence-electron chi connectivity index (χ0n) is 32.4. The van der Waals surface area contributed by atoms with Crippen molar-refractivity contribution in [1.82, 2.24) is 20.6 Å². The molecule has 0 saturated carbocycles. The number of aryl methyl sites for hydroxylation is 4. The third-order valence-electron chi connectivity index (χ3n) is 11.4. The molecule has 0 aliphatic carbocycles. The van der Waals surface area contributed by atoms with Crippen molar-refractivity contribution in [2.75, 3.05) is 0 Å². The van der Waals surface area contributed by atoms with Crippen molar-refractivity contribution in [1.29, 1.82) is 0 Å². The molecule has 0 amide bonds. The van der Waals surface area contributed by atoms with E-state index >= 15 is 0 Å². The van der Waals surface area contributed by atoms with Crippen LogP contribution < -0.4 is 88.5 Å². The Hall–Kier alpha value is -3.66. The van der Waals surface area contributed by atoms with Crippen LogP contribution >= 0.6 is 0 Å². The Morgan fingerprint density at radius 1 is 0.351 bits per heavy atom. The summed E-state index contributed by atoms with van der Waals surface area (Å²) < 4.78 is 8.37. The molecule has 0 aromatic carbocycles. The van der Waals surface area contributed by atoms with Crippen LogP contribution in [-0.4, -0.2) is 24.2 Å². The quantitative estimate of drug-likeness (QED) is 0.105. The Balaban J connectivity index is 0.00000144. The minimum atomic E-state index is 0. The molecule has 8 bridgehead atoms. The van der Waals surface area contributed by atoms with Crippen LogP contribution in [0.3, 0.4) is 0 Å². The van der Waals surface area contributed by atoms with Crippen molar-refractivity contribution in [2.45, 2.75) is 47.8 Å². The number of pyridine rings is 4. The monoisotopic (exact) mass is 890 g/mol. The molecule has 3 aliphatic rings. The average Bonchev–Trinajstić information content (AvgIpc) is 3.99. The van der Waals surface area contributed by atoms with Gasteiger partial charge in [0.25, 0.3) is 0 Å². The topological polar surface area (TPSA) is 67.8 Å². The number of hydrogen-bond donors (Lipinski definition) is 2. The third kappa shape index (κ3) is 9.16. The van der Waals surface area contributed by atoms with Crippen LogP contribution in [-0.2, 0) is 47.7 Å². The van der Waals surface area contributed by atoms with Crippen LogP contribution in [0.1, 0.15) is 68.7 Å². The first kappa shape index (κ1) is 46.0. The van der Waals surface area contributed by atoms with Gasteiger partial charge in [0.05, 0.1) is 0 Å². The molecule has 0 saturated heterocycles. The Bertz CT molecular complexity index is 1940. The molecule has 8 unspecified atom stereocenters. The molecule has 9 rings (SSSR count). The maximum atomic E-state index is 5.54. The zero-order chi connectivity index (χ0) is 35.3. The molecule has 292 valence electrons. The van der Waals surface area contributed by atoms with Crippen molar-refractivity contribution in [2.24, 2.45) is 28.2 Å². The summed E-state index contributed by atoms with van der Waals surface area (Å²) >= 11 is 0. The van der Waals surface area contributed by atoms with Gasteiger partial charge in [0.15, 0.2) is 49.6 Å². The fourth-order valence-corrected chi connectivity index (χ4v) is 8.58. The minimum Gasteiger partial charge on any atom is -1.00 e. The molecule has 6 aromatic heterocycles. The summed E-state index contributed by atoms with van der Waals surface area (Å²) in [6, 6.07) is 27.1. The van der Waals surface area contributed by atoms with E-state index < -0.39 is 0 Å². The van der Waals surface area contributed by atoms with Gasteiger partial charge in [-0.25, -0.2) is 18.3 Å². The van der Waals surface area contributed by atoms with E-state index in [0.717, 1.165) is 22.8 Å². The van der Waals surface area contributed by atoms with Crippen LogP contribution in [0.5, 0.6) is 0 Å². The number of aromatic nitrogens is 6. The first-order chi connectivity index (χ1) is 25.4. The van der Waals surface area contributed by atoms with Crippen molar-refractivity contribution < 1.29 is 87.4 Å². The number of fused-ring (bicyclic) bond motifs is 8. The van der Waals surface area contributed by atoms with E-state index in [2.05, 4.69) is 204 Å². The molecule has 9 heterocycles.